The summed E-state index contributed by atoms with van der Waals surface area (Å²) in [7, 11) is 4.08. The zero-order valence-corrected chi connectivity index (χ0v) is 17.1. The molecule has 2 aromatic heterocycles. The molecule has 2 saturated heterocycles. The van der Waals surface area contributed by atoms with Gasteiger partial charge in [0.2, 0.25) is 0 Å². The Labute approximate surface area is 167 Å². The number of aromatic amines is 1. The fraction of sp³-hybridized carbons (Fsp3) is 0.619. The van der Waals surface area contributed by atoms with Crippen molar-refractivity contribution in [3.8, 4) is 0 Å². The molecule has 0 aromatic carbocycles. The summed E-state index contributed by atoms with van der Waals surface area (Å²) in [6.07, 6.45) is 6.40. The van der Waals surface area contributed by atoms with Crippen molar-refractivity contribution in [2.45, 2.75) is 31.8 Å². The Morgan fingerprint density at radius 2 is 2.04 bits per heavy atom. The highest BCUT2D eigenvalue weighted by atomic mass is 16.5. The molecule has 2 aromatic rings. The van der Waals surface area contributed by atoms with E-state index in [4.69, 9.17) is 4.74 Å². The predicted molar refractivity (Wildman–Crippen MR) is 110 cm³/mol. The Hall–Kier alpha value is -1.96. The highest BCUT2D eigenvalue weighted by molar-refractivity contribution is 5.39. The topological polar surface area (TPSA) is 60.5 Å². The average molecular weight is 385 g/mol. The first-order chi connectivity index (χ1) is 13.7. The van der Waals surface area contributed by atoms with Crippen molar-refractivity contribution in [1.82, 2.24) is 25.0 Å². The van der Waals surface area contributed by atoms with Gasteiger partial charge in [0, 0.05) is 70.2 Å². The maximum Gasteiger partial charge on any atom is 0.128 e. The number of morpholine rings is 1. The molecule has 0 saturated carbocycles. The van der Waals surface area contributed by atoms with Gasteiger partial charge in [0.15, 0.2) is 0 Å². The van der Waals surface area contributed by atoms with Crippen LogP contribution in [0, 0.1) is 0 Å². The molecule has 0 amide bonds. The van der Waals surface area contributed by atoms with E-state index in [0.717, 1.165) is 58.3 Å². The lowest BCUT2D eigenvalue weighted by atomic mass is 9.92. The number of hydrogen-bond acceptors (Lipinski definition) is 6. The van der Waals surface area contributed by atoms with E-state index in [2.05, 4.69) is 42.0 Å². The average Bonchev–Trinajstić information content (AvgIpc) is 3.17. The summed E-state index contributed by atoms with van der Waals surface area (Å²) in [5, 5.41) is 7.71. The SMILES string of the molecule is CN(C)c1cc(CN2CCC[C@@H](c3[nH]ncc3CN3CCOCC3)C2)ccn1. The monoisotopic (exact) mass is 384 g/mol. The van der Waals surface area contributed by atoms with Gasteiger partial charge >= 0.3 is 0 Å². The molecule has 1 atom stereocenters. The van der Waals surface area contributed by atoms with Gasteiger partial charge in [-0.1, -0.05) is 0 Å². The first-order valence-corrected chi connectivity index (χ1v) is 10.4. The lowest BCUT2D eigenvalue weighted by Gasteiger charge is -2.33. The highest BCUT2D eigenvalue weighted by Gasteiger charge is 2.25. The number of nitrogens with one attached hydrogen (secondary N) is 1. The van der Waals surface area contributed by atoms with Gasteiger partial charge in [-0.05, 0) is 37.1 Å². The number of anilines is 1. The van der Waals surface area contributed by atoms with Crippen molar-refractivity contribution >= 4 is 5.82 Å². The maximum atomic E-state index is 5.48. The summed E-state index contributed by atoms with van der Waals surface area (Å²) in [6.45, 7) is 7.89. The van der Waals surface area contributed by atoms with Gasteiger partial charge in [-0.25, -0.2) is 4.98 Å². The number of piperidine rings is 1. The molecule has 0 spiro atoms. The normalized spacial score (nSPS) is 21.7. The number of pyridine rings is 1. The summed E-state index contributed by atoms with van der Waals surface area (Å²) in [5.74, 6) is 1.55. The van der Waals surface area contributed by atoms with Gasteiger partial charge in [-0.3, -0.25) is 14.9 Å². The number of likely N-dealkylation sites (tertiary alicyclic amines) is 1. The van der Waals surface area contributed by atoms with Gasteiger partial charge in [0.25, 0.3) is 0 Å². The maximum absolute atomic E-state index is 5.48. The molecule has 28 heavy (non-hydrogen) atoms. The van der Waals surface area contributed by atoms with Crippen LogP contribution in [0.2, 0.25) is 0 Å². The third-order valence-electron chi connectivity index (χ3n) is 5.84. The zero-order chi connectivity index (χ0) is 19.3. The smallest absolute Gasteiger partial charge is 0.128 e. The lowest BCUT2D eigenvalue weighted by molar-refractivity contribution is 0.0339. The lowest BCUT2D eigenvalue weighted by Crippen LogP contribution is -2.37. The first-order valence-electron chi connectivity index (χ1n) is 10.4. The van der Waals surface area contributed by atoms with Crippen molar-refractivity contribution in [2.75, 3.05) is 58.4 Å². The summed E-state index contributed by atoms with van der Waals surface area (Å²) in [5.41, 5.74) is 4.02. The second-order valence-electron chi connectivity index (χ2n) is 8.19. The zero-order valence-electron chi connectivity index (χ0n) is 17.1. The van der Waals surface area contributed by atoms with Gasteiger partial charge in [-0.15, -0.1) is 0 Å². The van der Waals surface area contributed by atoms with E-state index >= 15 is 0 Å². The predicted octanol–water partition coefficient (Wildman–Crippen LogP) is 2.08. The van der Waals surface area contributed by atoms with Crippen LogP contribution in [-0.2, 0) is 17.8 Å². The van der Waals surface area contributed by atoms with Crippen molar-refractivity contribution in [3.05, 3.63) is 41.3 Å². The number of aromatic nitrogens is 3. The fourth-order valence-electron chi connectivity index (χ4n) is 4.30. The molecule has 1 N–H and O–H groups in total. The van der Waals surface area contributed by atoms with Crippen LogP contribution in [-0.4, -0.2) is 78.5 Å². The second kappa shape index (κ2) is 9.03. The van der Waals surface area contributed by atoms with Gasteiger partial charge in [-0.2, -0.15) is 5.10 Å². The largest absolute Gasteiger partial charge is 0.379 e. The van der Waals surface area contributed by atoms with Crippen LogP contribution in [0.3, 0.4) is 0 Å². The van der Waals surface area contributed by atoms with Gasteiger partial charge in [0.05, 0.1) is 19.4 Å². The molecule has 0 bridgehead atoms. The van der Waals surface area contributed by atoms with Gasteiger partial charge in [0.1, 0.15) is 5.82 Å². The summed E-state index contributed by atoms with van der Waals surface area (Å²) >= 11 is 0. The van der Waals surface area contributed by atoms with Crippen molar-refractivity contribution in [1.29, 1.82) is 0 Å². The third kappa shape index (κ3) is 4.71. The van der Waals surface area contributed by atoms with Crippen LogP contribution in [0.25, 0.3) is 0 Å². The van der Waals surface area contributed by atoms with E-state index < -0.39 is 0 Å². The number of nitrogens with zero attached hydrogens (tertiary/aromatic N) is 5. The van der Waals surface area contributed by atoms with E-state index in [-0.39, 0.29) is 0 Å². The van der Waals surface area contributed by atoms with Crippen molar-refractivity contribution in [2.24, 2.45) is 0 Å². The Bertz CT molecular complexity index is 755. The summed E-state index contributed by atoms with van der Waals surface area (Å²) in [4.78, 5) is 11.5. The van der Waals surface area contributed by atoms with E-state index in [1.165, 1.54) is 29.7 Å². The van der Waals surface area contributed by atoms with E-state index in [1.807, 2.05) is 26.5 Å². The van der Waals surface area contributed by atoms with E-state index in [9.17, 15) is 0 Å². The van der Waals surface area contributed by atoms with E-state index in [1.54, 1.807) is 0 Å². The molecule has 2 fully saturated rings. The Morgan fingerprint density at radius 1 is 1.18 bits per heavy atom. The fourth-order valence-corrected chi connectivity index (χ4v) is 4.30. The minimum absolute atomic E-state index is 0.530. The number of H-pyrrole nitrogens is 1. The van der Waals surface area contributed by atoms with E-state index in [0.29, 0.717) is 5.92 Å². The van der Waals surface area contributed by atoms with Crippen molar-refractivity contribution < 1.29 is 4.74 Å². The third-order valence-corrected chi connectivity index (χ3v) is 5.84. The molecule has 7 heteroatoms. The minimum atomic E-state index is 0.530. The molecule has 0 unspecified atom stereocenters. The van der Waals surface area contributed by atoms with Crippen molar-refractivity contribution in [3.63, 3.8) is 0 Å². The molecular formula is C21H32N6O. The number of ether oxygens (including phenoxy) is 1. The van der Waals surface area contributed by atoms with Crippen LogP contribution in [0.15, 0.2) is 24.5 Å². The molecule has 7 nitrogen and oxygen atoms in total. The molecule has 2 aliphatic heterocycles. The Morgan fingerprint density at radius 3 is 2.86 bits per heavy atom. The molecule has 2 aliphatic rings. The molecule has 4 heterocycles. The van der Waals surface area contributed by atoms with Crippen LogP contribution >= 0.6 is 0 Å². The molecule has 152 valence electrons. The second-order valence-corrected chi connectivity index (χ2v) is 8.19. The first kappa shape index (κ1) is 19.4. The minimum Gasteiger partial charge on any atom is -0.379 e. The van der Waals surface area contributed by atoms with Crippen LogP contribution in [0.5, 0.6) is 0 Å². The molecule has 0 aliphatic carbocycles. The molecule has 0 radical (unpaired) electrons. The summed E-state index contributed by atoms with van der Waals surface area (Å²) < 4.78 is 5.48. The molecule has 4 rings (SSSR count). The highest BCUT2D eigenvalue weighted by Crippen LogP contribution is 2.29. The number of hydrogen-bond donors (Lipinski definition) is 1. The van der Waals surface area contributed by atoms with Crippen LogP contribution in [0.4, 0.5) is 5.82 Å². The van der Waals surface area contributed by atoms with Gasteiger partial charge < -0.3 is 9.64 Å². The summed E-state index contributed by atoms with van der Waals surface area (Å²) in [6, 6.07) is 4.33. The number of rotatable bonds is 6. The quantitative estimate of drug-likeness (QED) is 0.823. The standard InChI is InChI=1S/C21H32N6O/c1-25(2)20-12-17(5-6-22-20)14-27-7-3-4-18(15-27)21-19(13-23-24-21)16-26-8-10-28-11-9-26/h5-6,12-13,18H,3-4,7-11,14-16H2,1-2H3,(H,23,24)/t18-/m1/s1. The van der Waals surface area contributed by atoms with Crippen LogP contribution in [0.1, 0.15) is 35.6 Å². The Kier molecular flexibility index (Phi) is 6.24. The molecular weight excluding hydrogens is 352 g/mol. The Balaban J connectivity index is 1.40. The van der Waals surface area contributed by atoms with Crippen LogP contribution < -0.4 is 4.90 Å².